The molecule has 9 atom stereocenters. The van der Waals surface area contributed by atoms with E-state index in [1.807, 2.05) is 0 Å². The molecule has 73 heavy (non-hydrogen) atoms. The predicted molar refractivity (Wildman–Crippen MR) is 261 cm³/mol. The molecule has 3 heterocycles. The number of unbranched alkanes of at least 4 members (excludes halogenated alkanes) is 13. The highest BCUT2D eigenvalue weighted by Crippen LogP contribution is 2.45. The minimum absolute atomic E-state index is 0.0142. The molecule has 2 fully saturated rings. The smallest absolute Gasteiger partial charge is 0.432 e. The number of alkyl halides is 6. The minimum Gasteiger partial charge on any atom is -0.459 e. The SMILES string of the molecule is CCCCCCCCCCCCCC[C@@H](OC(=O)[C@@](OC)(c1ccccc1)C(F)(F)F)[C@H]1CC[C@H]([C@H]2CC[C@@H](CCCCC[C@H](CC3=C[C@H](C)OC3=O)OC(=O)[C@@](OC)(c3ccccc3)C(F)(F)F)OCO2)O1. The fraction of sp³-hybridized carbons (Fsp3) is 0.696. The maximum atomic E-state index is 14.9. The number of benzene rings is 2. The second kappa shape index (κ2) is 29.3. The van der Waals surface area contributed by atoms with Crippen molar-refractivity contribution in [2.75, 3.05) is 21.0 Å². The van der Waals surface area contributed by atoms with Gasteiger partial charge in [-0.2, -0.15) is 26.3 Å². The summed E-state index contributed by atoms with van der Waals surface area (Å²) in [7, 11) is 1.66. The molecular weight excluding hydrogens is 963 g/mol. The molecule has 5 rings (SSSR count). The van der Waals surface area contributed by atoms with Gasteiger partial charge in [0.15, 0.2) is 0 Å². The fourth-order valence-corrected chi connectivity index (χ4v) is 10.4. The number of methoxy groups -OCH3 is 2. The topological polar surface area (TPSA) is 125 Å². The summed E-state index contributed by atoms with van der Waals surface area (Å²) in [5.41, 5.74) is -7.31. The first kappa shape index (κ1) is 59.8. The van der Waals surface area contributed by atoms with E-state index in [9.17, 15) is 40.7 Å². The van der Waals surface area contributed by atoms with E-state index in [-0.39, 0.29) is 43.0 Å². The zero-order valence-electron chi connectivity index (χ0n) is 43.1. The second-order valence-corrected chi connectivity index (χ2v) is 19.8. The lowest BCUT2D eigenvalue weighted by Crippen LogP contribution is -2.53. The highest BCUT2D eigenvalue weighted by atomic mass is 19.4. The molecule has 0 aliphatic carbocycles. The van der Waals surface area contributed by atoms with Crippen LogP contribution in [0.1, 0.15) is 173 Å². The molecule has 410 valence electrons. The van der Waals surface area contributed by atoms with E-state index in [0.29, 0.717) is 64.2 Å². The van der Waals surface area contributed by atoms with Crippen molar-refractivity contribution in [1.82, 2.24) is 0 Å². The zero-order valence-corrected chi connectivity index (χ0v) is 43.1. The molecule has 2 saturated heterocycles. The Morgan fingerprint density at radius 1 is 0.630 bits per heavy atom. The Bertz CT molecular complexity index is 1980. The largest absolute Gasteiger partial charge is 0.459 e. The molecule has 2 aromatic rings. The van der Waals surface area contributed by atoms with Gasteiger partial charge in [0, 0.05) is 37.3 Å². The van der Waals surface area contributed by atoms with Crippen molar-refractivity contribution in [3.8, 4) is 0 Å². The van der Waals surface area contributed by atoms with Crippen LogP contribution in [0.5, 0.6) is 0 Å². The third-order valence-electron chi connectivity index (χ3n) is 14.5. The molecule has 11 nitrogen and oxygen atoms in total. The van der Waals surface area contributed by atoms with Crippen molar-refractivity contribution in [3.05, 3.63) is 83.4 Å². The number of ether oxygens (including phenoxy) is 8. The summed E-state index contributed by atoms with van der Waals surface area (Å²) in [4.78, 5) is 40.0. The van der Waals surface area contributed by atoms with Crippen molar-refractivity contribution < 1.29 is 78.6 Å². The molecule has 0 aromatic heterocycles. The molecule has 2 aromatic carbocycles. The van der Waals surface area contributed by atoms with E-state index in [0.717, 1.165) is 52.0 Å². The van der Waals surface area contributed by atoms with Crippen LogP contribution in [0.4, 0.5) is 26.3 Å². The highest BCUT2D eigenvalue weighted by molar-refractivity contribution is 5.91. The number of cyclic esters (lactones) is 1. The molecule has 0 radical (unpaired) electrons. The van der Waals surface area contributed by atoms with Crippen LogP contribution in [0.25, 0.3) is 0 Å². The number of hydrogen-bond donors (Lipinski definition) is 0. The average Bonchev–Trinajstić information content (AvgIpc) is 3.89. The number of hydrogen-bond acceptors (Lipinski definition) is 11. The lowest BCUT2D eigenvalue weighted by atomic mass is 9.92. The first-order valence-corrected chi connectivity index (χ1v) is 26.6. The van der Waals surface area contributed by atoms with Crippen LogP contribution in [-0.2, 0) is 63.5 Å². The second-order valence-electron chi connectivity index (χ2n) is 19.8. The van der Waals surface area contributed by atoms with E-state index < -0.39 is 77.5 Å². The van der Waals surface area contributed by atoms with E-state index in [4.69, 9.17) is 37.9 Å². The molecule has 0 amide bonds. The van der Waals surface area contributed by atoms with Crippen LogP contribution < -0.4 is 0 Å². The summed E-state index contributed by atoms with van der Waals surface area (Å²) in [6.45, 7) is 3.85. The molecule has 0 saturated carbocycles. The third kappa shape index (κ3) is 16.5. The first-order valence-electron chi connectivity index (χ1n) is 26.6. The number of halogens is 6. The van der Waals surface area contributed by atoms with Gasteiger partial charge in [-0.1, -0.05) is 151 Å². The molecule has 3 aliphatic heterocycles. The molecule has 0 bridgehead atoms. The first-order chi connectivity index (χ1) is 35.0. The fourth-order valence-electron chi connectivity index (χ4n) is 10.4. The Balaban J connectivity index is 1.14. The number of carbonyl (C=O) groups excluding carboxylic acids is 3. The van der Waals surface area contributed by atoms with Crippen LogP contribution in [0, 0.1) is 0 Å². The molecule has 0 unspecified atom stereocenters. The monoisotopic (exact) mass is 1040 g/mol. The molecule has 0 spiro atoms. The zero-order chi connectivity index (χ0) is 52.9. The Hall–Kier alpha value is -4.03. The van der Waals surface area contributed by atoms with Crippen LogP contribution in [-0.4, -0.2) is 94.0 Å². The Kier molecular flexibility index (Phi) is 24.0. The Morgan fingerprint density at radius 3 is 1.66 bits per heavy atom. The van der Waals surface area contributed by atoms with Gasteiger partial charge in [0.2, 0.25) is 0 Å². The van der Waals surface area contributed by atoms with Gasteiger partial charge in [-0.05, 0) is 70.8 Å². The number of rotatable bonds is 31. The summed E-state index contributed by atoms with van der Waals surface area (Å²) in [5.74, 6) is -3.79. The highest BCUT2D eigenvalue weighted by Gasteiger charge is 2.65. The number of esters is 3. The predicted octanol–water partition coefficient (Wildman–Crippen LogP) is 13.4. The van der Waals surface area contributed by atoms with E-state index >= 15 is 0 Å². The van der Waals surface area contributed by atoms with Crippen molar-refractivity contribution >= 4 is 17.9 Å². The van der Waals surface area contributed by atoms with Crippen LogP contribution >= 0.6 is 0 Å². The van der Waals surface area contributed by atoms with Gasteiger partial charge >= 0.3 is 30.3 Å². The normalized spacial score (nSPS) is 23.1. The van der Waals surface area contributed by atoms with Gasteiger partial charge < -0.3 is 37.9 Å². The Morgan fingerprint density at radius 2 is 1.14 bits per heavy atom. The maximum absolute atomic E-state index is 14.9. The van der Waals surface area contributed by atoms with Crippen LogP contribution in [0.15, 0.2) is 72.3 Å². The van der Waals surface area contributed by atoms with Crippen molar-refractivity contribution in [2.24, 2.45) is 0 Å². The molecule has 0 N–H and O–H groups in total. The summed E-state index contributed by atoms with van der Waals surface area (Å²) in [5, 5.41) is 0. The summed E-state index contributed by atoms with van der Waals surface area (Å²) >= 11 is 0. The molecule has 3 aliphatic rings. The average molecular weight is 1040 g/mol. The van der Waals surface area contributed by atoms with E-state index in [1.54, 1.807) is 19.1 Å². The van der Waals surface area contributed by atoms with Gasteiger partial charge in [-0.25, -0.2) is 14.4 Å². The van der Waals surface area contributed by atoms with Gasteiger partial charge in [0.25, 0.3) is 11.2 Å². The lowest BCUT2D eigenvalue weighted by molar-refractivity contribution is -0.280. The van der Waals surface area contributed by atoms with Gasteiger partial charge in [-0.3, -0.25) is 0 Å². The third-order valence-corrected chi connectivity index (χ3v) is 14.5. The lowest BCUT2D eigenvalue weighted by Gasteiger charge is -2.35. The summed E-state index contributed by atoms with van der Waals surface area (Å²) < 4.78 is 134. The van der Waals surface area contributed by atoms with E-state index in [2.05, 4.69) is 6.92 Å². The maximum Gasteiger partial charge on any atom is 0.432 e. The molecular formula is C56H78F6O11. The van der Waals surface area contributed by atoms with E-state index in [1.165, 1.54) is 87.4 Å². The Labute approximate surface area is 427 Å². The van der Waals surface area contributed by atoms with Crippen LogP contribution in [0.3, 0.4) is 0 Å². The van der Waals surface area contributed by atoms with Crippen LogP contribution in [0.2, 0.25) is 0 Å². The van der Waals surface area contributed by atoms with Gasteiger partial charge in [0.1, 0.15) is 25.1 Å². The quantitative estimate of drug-likeness (QED) is 0.0310. The van der Waals surface area contributed by atoms with Crippen molar-refractivity contribution in [3.63, 3.8) is 0 Å². The number of carbonyl (C=O) groups is 3. The standard InChI is InChI=1S/C56H78F6O11/c1-5-6-7-8-9-10-11-12-13-14-15-25-32-47(73-52(65)54(67-4,56(60,61)62)43-28-21-17-22-29-43)49-36-35-48(72-49)46-34-33-44(68-39-69-46)30-23-18-24-31-45(38-41-37-40(2)70-50(41)63)71-51(64)53(66-3,55(57,58)59)42-26-19-16-20-27-42/h16-17,19-22,26-29,37,40,44-49H,5-15,18,23-25,30-36,38-39H2,1-4H3/t40-,44+,45+,46+,47+,48+,49+,53-,54-/m0/s1. The molecule has 17 heteroatoms. The van der Waals surface area contributed by atoms with Gasteiger partial charge in [-0.15, -0.1) is 0 Å². The van der Waals surface area contributed by atoms with Crippen molar-refractivity contribution in [1.29, 1.82) is 0 Å². The summed E-state index contributed by atoms with van der Waals surface area (Å²) in [6, 6.07) is 13.3. The minimum atomic E-state index is -5.17. The van der Waals surface area contributed by atoms with Gasteiger partial charge in [0.05, 0.1) is 24.4 Å². The van der Waals surface area contributed by atoms with Crippen molar-refractivity contribution in [2.45, 2.75) is 228 Å². The summed E-state index contributed by atoms with van der Waals surface area (Å²) in [6.07, 6.45) is 5.35.